The highest BCUT2D eigenvalue weighted by atomic mass is 79.9. The number of halogens is 1. The molecule has 21 heavy (non-hydrogen) atoms. The molecular weight excluding hydrogens is 334 g/mol. The Balaban J connectivity index is 1.94. The van der Waals surface area contributed by atoms with Crippen LogP contribution in [0.2, 0.25) is 0 Å². The lowest BCUT2D eigenvalue weighted by Crippen LogP contribution is -2.47. The van der Waals surface area contributed by atoms with Crippen LogP contribution in [0.3, 0.4) is 0 Å². The Labute approximate surface area is 132 Å². The fraction of sp³-hybridized carbons (Fsp3) is 0.500. The molecule has 2 amide bonds. The van der Waals surface area contributed by atoms with Gasteiger partial charge in [0.25, 0.3) is 0 Å². The van der Waals surface area contributed by atoms with Crippen LogP contribution < -0.4 is 5.32 Å². The Morgan fingerprint density at radius 1 is 1.24 bits per heavy atom. The molecule has 2 heterocycles. The highest BCUT2D eigenvalue weighted by Crippen LogP contribution is 2.41. The van der Waals surface area contributed by atoms with E-state index in [1.165, 1.54) is 0 Å². The molecule has 2 saturated heterocycles. The standard InChI is InChI=1S/C16H18BrNO3/c17-13-6-2-1-5-11(13)15-12(8-14(19)18-16(15)20)10-4-3-7-21-9-10/h1-2,5-6,10,12,15H,3-4,7-9H2,(H,18,19,20). The number of imide groups is 1. The number of carbonyl (C=O) groups is 2. The summed E-state index contributed by atoms with van der Waals surface area (Å²) in [5, 5.41) is 2.48. The lowest BCUT2D eigenvalue weighted by atomic mass is 9.72. The number of carbonyl (C=O) groups excluding carboxylic acids is 2. The molecule has 1 aromatic carbocycles. The molecule has 1 N–H and O–H groups in total. The quantitative estimate of drug-likeness (QED) is 0.833. The second-order valence-corrected chi connectivity index (χ2v) is 6.61. The van der Waals surface area contributed by atoms with Crippen LogP contribution in [0.4, 0.5) is 0 Å². The van der Waals surface area contributed by atoms with Crippen LogP contribution in [0.5, 0.6) is 0 Å². The van der Waals surface area contributed by atoms with E-state index in [0.717, 1.165) is 29.5 Å². The second kappa shape index (κ2) is 6.28. The van der Waals surface area contributed by atoms with Crippen molar-refractivity contribution in [3.63, 3.8) is 0 Å². The van der Waals surface area contributed by atoms with Gasteiger partial charge in [0.2, 0.25) is 11.8 Å². The van der Waals surface area contributed by atoms with Gasteiger partial charge in [-0.1, -0.05) is 34.1 Å². The highest BCUT2D eigenvalue weighted by molar-refractivity contribution is 9.10. The molecule has 2 fully saturated rings. The van der Waals surface area contributed by atoms with E-state index in [1.54, 1.807) is 0 Å². The average Bonchev–Trinajstić information content (AvgIpc) is 2.49. The molecule has 2 aliphatic rings. The van der Waals surface area contributed by atoms with Gasteiger partial charge < -0.3 is 4.74 Å². The third-order valence-electron chi connectivity index (χ3n) is 4.44. The van der Waals surface area contributed by atoms with Crippen molar-refractivity contribution in [2.24, 2.45) is 11.8 Å². The van der Waals surface area contributed by atoms with Gasteiger partial charge in [-0.3, -0.25) is 14.9 Å². The van der Waals surface area contributed by atoms with Crippen LogP contribution >= 0.6 is 15.9 Å². The summed E-state index contributed by atoms with van der Waals surface area (Å²) in [5.74, 6) is -0.353. The van der Waals surface area contributed by atoms with Crippen molar-refractivity contribution in [1.82, 2.24) is 5.32 Å². The van der Waals surface area contributed by atoms with E-state index in [-0.39, 0.29) is 29.6 Å². The molecule has 5 heteroatoms. The van der Waals surface area contributed by atoms with Gasteiger partial charge in [-0.2, -0.15) is 0 Å². The summed E-state index contributed by atoms with van der Waals surface area (Å²) in [5.41, 5.74) is 0.957. The van der Waals surface area contributed by atoms with Gasteiger partial charge in [0.1, 0.15) is 0 Å². The summed E-state index contributed by atoms with van der Waals surface area (Å²) in [6.45, 7) is 1.43. The summed E-state index contributed by atoms with van der Waals surface area (Å²) in [6.07, 6.45) is 2.41. The smallest absolute Gasteiger partial charge is 0.234 e. The van der Waals surface area contributed by atoms with Gasteiger partial charge in [0, 0.05) is 24.1 Å². The minimum absolute atomic E-state index is 0.0187. The van der Waals surface area contributed by atoms with Gasteiger partial charge >= 0.3 is 0 Å². The summed E-state index contributed by atoms with van der Waals surface area (Å²) in [4.78, 5) is 24.2. The first-order chi connectivity index (χ1) is 10.2. The minimum Gasteiger partial charge on any atom is -0.381 e. The Morgan fingerprint density at radius 2 is 2.05 bits per heavy atom. The van der Waals surface area contributed by atoms with Crippen molar-refractivity contribution in [3.05, 3.63) is 34.3 Å². The molecule has 4 nitrogen and oxygen atoms in total. The van der Waals surface area contributed by atoms with Crippen molar-refractivity contribution >= 4 is 27.7 Å². The number of benzene rings is 1. The summed E-state index contributed by atoms with van der Waals surface area (Å²) in [7, 11) is 0. The van der Waals surface area contributed by atoms with E-state index in [1.807, 2.05) is 24.3 Å². The number of nitrogens with one attached hydrogen (secondary N) is 1. The predicted molar refractivity (Wildman–Crippen MR) is 81.7 cm³/mol. The first-order valence-corrected chi connectivity index (χ1v) is 8.12. The number of ether oxygens (including phenoxy) is 1. The van der Waals surface area contributed by atoms with E-state index in [9.17, 15) is 9.59 Å². The molecule has 0 radical (unpaired) electrons. The molecule has 3 atom stereocenters. The lowest BCUT2D eigenvalue weighted by Gasteiger charge is -2.37. The monoisotopic (exact) mass is 351 g/mol. The molecule has 2 aliphatic heterocycles. The van der Waals surface area contributed by atoms with Crippen LogP contribution in [0.25, 0.3) is 0 Å². The Morgan fingerprint density at radius 3 is 2.76 bits per heavy atom. The average molecular weight is 352 g/mol. The molecule has 0 aliphatic carbocycles. The molecule has 0 saturated carbocycles. The maximum atomic E-state index is 12.4. The summed E-state index contributed by atoms with van der Waals surface area (Å²) in [6, 6.07) is 7.75. The molecular formula is C16H18BrNO3. The van der Waals surface area contributed by atoms with Crippen LogP contribution in [-0.4, -0.2) is 25.0 Å². The zero-order chi connectivity index (χ0) is 14.8. The molecule has 0 spiro atoms. The van der Waals surface area contributed by atoms with Gasteiger partial charge in [0.05, 0.1) is 5.92 Å². The van der Waals surface area contributed by atoms with E-state index in [0.29, 0.717) is 13.0 Å². The molecule has 1 aromatic rings. The Kier molecular flexibility index (Phi) is 4.40. The van der Waals surface area contributed by atoms with Crippen molar-refractivity contribution in [1.29, 1.82) is 0 Å². The first kappa shape index (κ1) is 14.7. The SMILES string of the molecule is O=C1CC(C2CCCOC2)C(c2ccccc2Br)C(=O)N1. The Hall–Kier alpha value is -1.20. The van der Waals surface area contributed by atoms with Crippen molar-refractivity contribution in [2.45, 2.75) is 25.2 Å². The van der Waals surface area contributed by atoms with Gasteiger partial charge in [-0.25, -0.2) is 0 Å². The highest BCUT2D eigenvalue weighted by Gasteiger charge is 2.42. The maximum absolute atomic E-state index is 12.4. The molecule has 0 bridgehead atoms. The number of hydrogen-bond acceptors (Lipinski definition) is 3. The molecule has 3 unspecified atom stereocenters. The van der Waals surface area contributed by atoms with Crippen LogP contribution in [0, 0.1) is 11.8 Å². The van der Waals surface area contributed by atoms with Crippen molar-refractivity contribution < 1.29 is 14.3 Å². The normalized spacial score (nSPS) is 30.0. The van der Waals surface area contributed by atoms with E-state index < -0.39 is 0 Å². The van der Waals surface area contributed by atoms with E-state index in [2.05, 4.69) is 21.2 Å². The van der Waals surface area contributed by atoms with Gasteiger partial charge in [-0.05, 0) is 36.3 Å². The topological polar surface area (TPSA) is 55.4 Å². The molecule has 112 valence electrons. The van der Waals surface area contributed by atoms with Crippen molar-refractivity contribution in [2.75, 3.05) is 13.2 Å². The fourth-order valence-electron chi connectivity index (χ4n) is 3.43. The maximum Gasteiger partial charge on any atom is 0.234 e. The van der Waals surface area contributed by atoms with Gasteiger partial charge in [-0.15, -0.1) is 0 Å². The summed E-state index contributed by atoms with van der Waals surface area (Å²) >= 11 is 3.53. The second-order valence-electron chi connectivity index (χ2n) is 5.76. The third kappa shape index (κ3) is 3.04. The Bertz CT molecular complexity index is 554. The first-order valence-electron chi connectivity index (χ1n) is 7.32. The lowest BCUT2D eigenvalue weighted by molar-refractivity contribution is -0.138. The fourth-order valence-corrected chi connectivity index (χ4v) is 3.97. The minimum atomic E-state index is -0.287. The van der Waals surface area contributed by atoms with E-state index >= 15 is 0 Å². The number of rotatable bonds is 2. The zero-order valence-corrected chi connectivity index (χ0v) is 13.3. The van der Waals surface area contributed by atoms with Crippen LogP contribution in [0.15, 0.2) is 28.7 Å². The molecule has 3 rings (SSSR count). The van der Waals surface area contributed by atoms with Crippen LogP contribution in [0.1, 0.15) is 30.7 Å². The summed E-state index contributed by atoms with van der Waals surface area (Å²) < 4.78 is 6.48. The number of piperidine rings is 1. The van der Waals surface area contributed by atoms with Gasteiger partial charge in [0.15, 0.2) is 0 Å². The van der Waals surface area contributed by atoms with Crippen molar-refractivity contribution in [3.8, 4) is 0 Å². The number of amides is 2. The van der Waals surface area contributed by atoms with E-state index in [4.69, 9.17) is 4.74 Å². The third-order valence-corrected chi connectivity index (χ3v) is 5.16. The number of hydrogen-bond donors (Lipinski definition) is 1. The zero-order valence-electron chi connectivity index (χ0n) is 11.7. The largest absolute Gasteiger partial charge is 0.381 e. The van der Waals surface area contributed by atoms with Crippen LogP contribution in [-0.2, 0) is 14.3 Å². The predicted octanol–water partition coefficient (Wildman–Crippen LogP) is 2.62. The molecule has 0 aromatic heterocycles.